The number of amides is 1. The van der Waals surface area contributed by atoms with Crippen LogP contribution in [0.2, 0.25) is 0 Å². The molecule has 2 aromatic carbocycles. The summed E-state index contributed by atoms with van der Waals surface area (Å²) in [5.41, 5.74) is 0.985. The highest BCUT2D eigenvalue weighted by Crippen LogP contribution is 2.22. The highest BCUT2D eigenvalue weighted by molar-refractivity contribution is 6.05. The molecular formula is C19H16F3N3O2. The maximum absolute atomic E-state index is 13.8. The molecule has 0 aliphatic carbocycles. The largest absolute Gasteiger partial charge is 0.471 e. The van der Waals surface area contributed by atoms with Crippen molar-refractivity contribution in [3.05, 3.63) is 76.9 Å². The molecular weight excluding hydrogens is 359 g/mol. The Bertz CT molecular complexity index is 1000. The topological polar surface area (TPSA) is 56.1 Å². The summed E-state index contributed by atoms with van der Waals surface area (Å²) in [4.78, 5) is 12.3. The predicted octanol–water partition coefficient (Wildman–Crippen LogP) is 4.21. The van der Waals surface area contributed by atoms with Crippen molar-refractivity contribution in [3.8, 4) is 5.75 Å². The summed E-state index contributed by atoms with van der Waals surface area (Å²) < 4.78 is 47.2. The third-order valence-electron chi connectivity index (χ3n) is 3.94. The molecule has 1 N–H and O–H groups in total. The van der Waals surface area contributed by atoms with Crippen LogP contribution in [0, 0.1) is 31.3 Å². The summed E-state index contributed by atoms with van der Waals surface area (Å²) in [5.74, 6) is -2.43. The van der Waals surface area contributed by atoms with Crippen molar-refractivity contribution in [3.63, 3.8) is 0 Å². The van der Waals surface area contributed by atoms with Gasteiger partial charge in [-0.25, -0.2) is 17.9 Å². The number of nitrogens with one attached hydrogen (secondary N) is 1. The standard InChI is InChI=1S/C19H16F3N3O2/c1-11-18(23-19(26)16-9-14(21)6-7-17(16)22)12(2)25(24-11)10-27-15-5-3-4-13(20)8-15/h3-9H,10H2,1-2H3,(H,23,26). The zero-order valence-corrected chi connectivity index (χ0v) is 14.6. The lowest BCUT2D eigenvalue weighted by molar-refractivity contribution is 0.102. The minimum absolute atomic E-state index is 0.0136. The van der Waals surface area contributed by atoms with Crippen LogP contribution in [0.15, 0.2) is 42.5 Å². The Morgan fingerprint density at radius 2 is 1.85 bits per heavy atom. The fourth-order valence-corrected chi connectivity index (χ4v) is 2.55. The monoisotopic (exact) mass is 375 g/mol. The highest BCUT2D eigenvalue weighted by Gasteiger charge is 2.18. The van der Waals surface area contributed by atoms with Crippen LogP contribution in [-0.4, -0.2) is 15.7 Å². The zero-order valence-electron chi connectivity index (χ0n) is 14.6. The van der Waals surface area contributed by atoms with Crippen molar-refractivity contribution >= 4 is 11.6 Å². The van der Waals surface area contributed by atoms with Crippen LogP contribution >= 0.6 is 0 Å². The minimum atomic E-state index is -0.828. The lowest BCUT2D eigenvalue weighted by Crippen LogP contribution is -2.15. The Kier molecular flexibility index (Phi) is 5.16. The second-order valence-corrected chi connectivity index (χ2v) is 5.85. The number of anilines is 1. The third kappa shape index (κ3) is 4.11. The van der Waals surface area contributed by atoms with Crippen molar-refractivity contribution in [2.24, 2.45) is 0 Å². The molecule has 1 amide bonds. The summed E-state index contributed by atoms with van der Waals surface area (Å²) in [6, 6.07) is 8.31. The van der Waals surface area contributed by atoms with Crippen molar-refractivity contribution in [2.45, 2.75) is 20.6 Å². The molecule has 0 spiro atoms. The average Bonchev–Trinajstić information content (AvgIpc) is 2.89. The van der Waals surface area contributed by atoms with Gasteiger partial charge in [-0.3, -0.25) is 4.79 Å². The van der Waals surface area contributed by atoms with Gasteiger partial charge >= 0.3 is 0 Å². The van der Waals surface area contributed by atoms with Crippen LogP contribution < -0.4 is 10.1 Å². The van der Waals surface area contributed by atoms with Crippen LogP contribution in [-0.2, 0) is 6.73 Å². The van der Waals surface area contributed by atoms with Gasteiger partial charge in [-0.15, -0.1) is 0 Å². The fraction of sp³-hybridized carbons (Fsp3) is 0.158. The van der Waals surface area contributed by atoms with E-state index in [2.05, 4.69) is 10.4 Å². The van der Waals surface area contributed by atoms with E-state index >= 15 is 0 Å². The molecule has 0 saturated carbocycles. The zero-order chi connectivity index (χ0) is 19.6. The maximum Gasteiger partial charge on any atom is 0.258 e. The van der Waals surface area contributed by atoms with Crippen LogP contribution in [0.25, 0.3) is 0 Å². The molecule has 140 valence electrons. The molecule has 3 aromatic rings. The fourth-order valence-electron chi connectivity index (χ4n) is 2.55. The number of hydrogen-bond acceptors (Lipinski definition) is 3. The summed E-state index contributed by atoms with van der Waals surface area (Å²) in [7, 11) is 0. The van der Waals surface area contributed by atoms with E-state index in [-0.39, 0.29) is 6.73 Å². The van der Waals surface area contributed by atoms with E-state index in [4.69, 9.17) is 4.74 Å². The van der Waals surface area contributed by atoms with Crippen LogP contribution in [0.4, 0.5) is 18.9 Å². The highest BCUT2D eigenvalue weighted by atomic mass is 19.1. The number of nitrogens with zero attached hydrogens (tertiary/aromatic N) is 2. The number of aromatic nitrogens is 2. The lowest BCUT2D eigenvalue weighted by Gasteiger charge is -2.09. The van der Waals surface area contributed by atoms with Gasteiger partial charge in [0.2, 0.25) is 0 Å². The first-order valence-electron chi connectivity index (χ1n) is 8.04. The first kappa shape index (κ1) is 18.5. The van der Waals surface area contributed by atoms with Gasteiger partial charge in [-0.2, -0.15) is 5.10 Å². The second kappa shape index (κ2) is 7.53. The van der Waals surface area contributed by atoms with Gasteiger partial charge < -0.3 is 10.1 Å². The first-order valence-corrected chi connectivity index (χ1v) is 8.04. The molecule has 0 bridgehead atoms. The van der Waals surface area contributed by atoms with E-state index in [1.807, 2.05) is 0 Å². The summed E-state index contributed by atoms with van der Waals surface area (Å²) >= 11 is 0. The van der Waals surface area contributed by atoms with Gasteiger partial charge in [0, 0.05) is 6.07 Å². The van der Waals surface area contributed by atoms with Gasteiger partial charge in [-0.1, -0.05) is 6.07 Å². The van der Waals surface area contributed by atoms with Gasteiger partial charge in [0.15, 0.2) is 6.73 Å². The Morgan fingerprint density at radius 1 is 1.11 bits per heavy atom. The molecule has 0 fully saturated rings. The number of aryl methyl sites for hydroxylation is 1. The molecule has 0 aliphatic rings. The summed E-state index contributed by atoms with van der Waals surface area (Å²) in [5, 5.41) is 6.80. The number of carbonyl (C=O) groups excluding carboxylic acids is 1. The first-order chi connectivity index (χ1) is 12.8. The van der Waals surface area contributed by atoms with Gasteiger partial charge in [0.25, 0.3) is 5.91 Å². The van der Waals surface area contributed by atoms with Gasteiger partial charge in [-0.05, 0) is 44.2 Å². The minimum Gasteiger partial charge on any atom is -0.471 e. The van der Waals surface area contributed by atoms with E-state index < -0.39 is 28.9 Å². The molecule has 1 heterocycles. The van der Waals surface area contributed by atoms with Crippen molar-refractivity contribution in [2.75, 3.05) is 5.32 Å². The SMILES string of the molecule is Cc1nn(COc2cccc(F)c2)c(C)c1NC(=O)c1cc(F)ccc1F. The molecule has 8 heteroatoms. The Balaban J connectivity index is 1.77. The number of ether oxygens (including phenoxy) is 1. The van der Waals surface area contributed by atoms with Gasteiger partial charge in [0.05, 0.1) is 22.6 Å². The molecule has 0 radical (unpaired) electrons. The van der Waals surface area contributed by atoms with E-state index in [1.54, 1.807) is 19.9 Å². The molecule has 1 aromatic heterocycles. The normalized spacial score (nSPS) is 10.7. The molecule has 0 saturated heterocycles. The quantitative estimate of drug-likeness (QED) is 0.727. The third-order valence-corrected chi connectivity index (χ3v) is 3.94. The second-order valence-electron chi connectivity index (χ2n) is 5.85. The van der Waals surface area contributed by atoms with Crippen molar-refractivity contribution in [1.29, 1.82) is 0 Å². The van der Waals surface area contributed by atoms with Crippen LogP contribution in [0.1, 0.15) is 21.7 Å². The van der Waals surface area contributed by atoms with Crippen LogP contribution in [0.5, 0.6) is 5.75 Å². The van der Waals surface area contributed by atoms with E-state index in [9.17, 15) is 18.0 Å². The molecule has 0 aliphatic heterocycles. The van der Waals surface area contributed by atoms with Crippen LogP contribution in [0.3, 0.4) is 0 Å². The number of carbonyl (C=O) groups is 1. The Morgan fingerprint density at radius 3 is 2.59 bits per heavy atom. The molecule has 5 nitrogen and oxygen atoms in total. The number of benzene rings is 2. The molecule has 0 unspecified atom stereocenters. The van der Waals surface area contributed by atoms with Gasteiger partial charge in [0.1, 0.15) is 23.2 Å². The maximum atomic E-state index is 13.8. The van der Waals surface area contributed by atoms with E-state index in [0.29, 0.717) is 22.8 Å². The van der Waals surface area contributed by atoms with E-state index in [0.717, 1.165) is 18.2 Å². The number of halogens is 3. The molecule has 3 rings (SSSR count). The van der Waals surface area contributed by atoms with Crippen molar-refractivity contribution < 1.29 is 22.7 Å². The Hall–Kier alpha value is -3.29. The Labute approximate surface area is 153 Å². The lowest BCUT2D eigenvalue weighted by atomic mass is 10.2. The molecule has 27 heavy (non-hydrogen) atoms. The average molecular weight is 375 g/mol. The predicted molar refractivity (Wildman–Crippen MR) is 93.0 cm³/mol. The summed E-state index contributed by atoms with van der Waals surface area (Å²) in [6.45, 7) is 3.33. The molecule has 0 atom stereocenters. The van der Waals surface area contributed by atoms with E-state index in [1.165, 1.54) is 22.9 Å². The smallest absolute Gasteiger partial charge is 0.258 e. The number of hydrogen-bond donors (Lipinski definition) is 1. The number of rotatable bonds is 5. The van der Waals surface area contributed by atoms with Crippen molar-refractivity contribution in [1.82, 2.24) is 9.78 Å². The summed E-state index contributed by atoms with van der Waals surface area (Å²) in [6.07, 6.45) is 0.